The number of rotatable bonds is 5. The number of aliphatic carboxylic acids is 1. The van der Waals surface area contributed by atoms with Crippen LogP contribution in [0.15, 0.2) is 36.4 Å². The Morgan fingerprint density at radius 1 is 1.21 bits per heavy atom. The van der Waals surface area contributed by atoms with E-state index in [2.05, 4.69) is 0 Å². The minimum atomic E-state index is -1.50. The molecular weight excluding hydrogens is 381 g/mol. The van der Waals surface area contributed by atoms with Gasteiger partial charge in [0.05, 0.1) is 7.11 Å². The van der Waals surface area contributed by atoms with Gasteiger partial charge in [-0.2, -0.15) is 0 Å². The maximum Gasteiger partial charge on any atom is 0.410 e. The number of halogens is 1. The molecule has 1 aromatic rings. The molecule has 0 bridgehead atoms. The Kier molecular flexibility index (Phi) is 5.91. The van der Waals surface area contributed by atoms with E-state index in [-0.39, 0.29) is 24.2 Å². The Morgan fingerprint density at radius 3 is 2.52 bits per heavy atom. The molecule has 0 aromatic heterocycles. The third-order valence-corrected chi connectivity index (χ3v) is 5.82. The quantitative estimate of drug-likeness (QED) is 0.460. The van der Waals surface area contributed by atoms with Crippen LogP contribution >= 0.6 is 0 Å². The van der Waals surface area contributed by atoms with E-state index in [1.54, 1.807) is 31.3 Å². The van der Waals surface area contributed by atoms with Gasteiger partial charge in [-0.3, -0.25) is 9.59 Å². The summed E-state index contributed by atoms with van der Waals surface area (Å²) in [6.45, 7) is 0.269. The van der Waals surface area contributed by atoms with E-state index in [0.717, 1.165) is 5.56 Å². The number of carboxylic acid groups (broad SMARTS) is 1. The van der Waals surface area contributed by atoms with Gasteiger partial charge in [-0.25, -0.2) is 9.18 Å². The molecule has 3 rings (SSSR count). The van der Waals surface area contributed by atoms with Crippen LogP contribution in [0.3, 0.4) is 0 Å². The average molecular weight is 405 g/mol. The molecule has 8 heteroatoms. The van der Waals surface area contributed by atoms with Crippen molar-refractivity contribution in [3.05, 3.63) is 47.8 Å². The van der Waals surface area contributed by atoms with E-state index in [1.165, 1.54) is 24.1 Å². The molecule has 0 spiro atoms. The molecule has 4 atom stereocenters. The van der Waals surface area contributed by atoms with Crippen molar-refractivity contribution in [2.45, 2.75) is 31.9 Å². The summed E-state index contributed by atoms with van der Waals surface area (Å²) in [4.78, 5) is 37.7. The standard InChI is InChI=1S/C21H24FNO6/c1-23(12-13-6-8-14(22)9-7-13)20(27)29-15-4-3-5-16-17(11-10-15)21(16,18(24)25)19(26)28-2/h3-4,6-9,15-17H,5,10-12H2,1-2H3,(H,24,25)/b4-3-/t15-,16-,17+,21-/m0/s1. The second-order valence-corrected chi connectivity index (χ2v) is 7.52. The number of esters is 1. The molecule has 29 heavy (non-hydrogen) atoms. The Balaban J connectivity index is 1.59. The molecule has 2 aliphatic rings. The van der Waals surface area contributed by atoms with Crippen LogP contribution in [0.4, 0.5) is 9.18 Å². The second kappa shape index (κ2) is 8.23. The average Bonchev–Trinajstić information content (AvgIpc) is 3.32. The smallest absolute Gasteiger partial charge is 0.410 e. The molecule has 1 fully saturated rings. The van der Waals surface area contributed by atoms with Crippen LogP contribution in [0.25, 0.3) is 0 Å². The van der Waals surface area contributed by atoms with Gasteiger partial charge in [-0.15, -0.1) is 0 Å². The minimum absolute atomic E-state index is 0.269. The molecule has 1 amide bonds. The van der Waals surface area contributed by atoms with E-state index < -0.39 is 29.6 Å². The fourth-order valence-corrected chi connectivity index (χ4v) is 4.26. The number of benzene rings is 1. The van der Waals surface area contributed by atoms with Gasteiger partial charge in [0.2, 0.25) is 0 Å². The maximum absolute atomic E-state index is 13.0. The Bertz CT molecular complexity index is 823. The summed E-state index contributed by atoms with van der Waals surface area (Å²) in [5.74, 6) is -2.87. The van der Waals surface area contributed by atoms with E-state index in [4.69, 9.17) is 9.47 Å². The Hall–Kier alpha value is -2.90. The number of nitrogens with zero attached hydrogens (tertiary/aromatic N) is 1. The number of carbonyl (C=O) groups is 3. The number of amides is 1. The number of hydrogen-bond donors (Lipinski definition) is 1. The van der Waals surface area contributed by atoms with Crippen molar-refractivity contribution >= 4 is 18.0 Å². The lowest BCUT2D eigenvalue weighted by Crippen LogP contribution is -2.31. The van der Waals surface area contributed by atoms with Crippen molar-refractivity contribution in [3.63, 3.8) is 0 Å². The van der Waals surface area contributed by atoms with Crippen LogP contribution in [0.1, 0.15) is 24.8 Å². The van der Waals surface area contributed by atoms with Gasteiger partial charge in [-0.05, 0) is 54.9 Å². The molecule has 1 N–H and O–H groups in total. The fourth-order valence-electron chi connectivity index (χ4n) is 4.26. The lowest BCUT2D eigenvalue weighted by molar-refractivity contribution is -0.161. The van der Waals surface area contributed by atoms with Gasteiger partial charge in [0, 0.05) is 13.6 Å². The van der Waals surface area contributed by atoms with Gasteiger partial charge in [0.25, 0.3) is 0 Å². The first-order valence-electron chi connectivity index (χ1n) is 9.45. The largest absolute Gasteiger partial charge is 0.480 e. The van der Waals surface area contributed by atoms with Crippen LogP contribution in [-0.2, 0) is 25.6 Å². The normalized spacial score (nSPS) is 28.9. The van der Waals surface area contributed by atoms with E-state index >= 15 is 0 Å². The zero-order valence-electron chi connectivity index (χ0n) is 16.3. The summed E-state index contributed by atoms with van der Waals surface area (Å²) < 4.78 is 23.3. The van der Waals surface area contributed by atoms with Crippen molar-refractivity contribution in [2.24, 2.45) is 17.3 Å². The van der Waals surface area contributed by atoms with Crippen molar-refractivity contribution < 1.29 is 33.4 Å². The van der Waals surface area contributed by atoms with Crippen LogP contribution in [0.2, 0.25) is 0 Å². The molecule has 0 saturated heterocycles. The Morgan fingerprint density at radius 2 is 1.90 bits per heavy atom. The minimum Gasteiger partial charge on any atom is -0.480 e. The first-order chi connectivity index (χ1) is 13.8. The molecule has 0 heterocycles. The third kappa shape index (κ3) is 3.97. The topological polar surface area (TPSA) is 93.1 Å². The van der Waals surface area contributed by atoms with Gasteiger partial charge in [0.15, 0.2) is 5.41 Å². The molecular formula is C21H24FNO6. The van der Waals surface area contributed by atoms with E-state index in [0.29, 0.717) is 19.3 Å². The number of fused-ring (bicyclic) bond motifs is 1. The second-order valence-electron chi connectivity index (χ2n) is 7.52. The number of allylic oxidation sites excluding steroid dienone is 1. The SMILES string of the molecule is COC(=O)[C@]1(C(=O)O)[C@@H]2CC[C@@H](OC(=O)N(C)Cc3ccc(F)cc3)/C=C\C[C@@H]21. The van der Waals surface area contributed by atoms with Crippen molar-refractivity contribution in [1.29, 1.82) is 0 Å². The summed E-state index contributed by atoms with van der Waals surface area (Å²) in [5.41, 5.74) is -0.735. The highest BCUT2D eigenvalue weighted by molar-refractivity contribution is 6.03. The molecule has 0 radical (unpaired) electrons. The predicted octanol–water partition coefficient (Wildman–Crippen LogP) is 2.99. The van der Waals surface area contributed by atoms with Gasteiger partial charge in [0.1, 0.15) is 11.9 Å². The van der Waals surface area contributed by atoms with Crippen molar-refractivity contribution in [1.82, 2.24) is 4.90 Å². The van der Waals surface area contributed by atoms with Gasteiger partial charge in [-0.1, -0.05) is 18.2 Å². The summed E-state index contributed by atoms with van der Waals surface area (Å²) in [6, 6.07) is 5.85. The van der Waals surface area contributed by atoms with E-state index in [9.17, 15) is 23.9 Å². The monoisotopic (exact) mass is 405 g/mol. The van der Waals surface area contributed by atoms with Crippen LogP contribution < -0.4 is 0 Å². The highest BCUT2D eigenvalue weighted by Gasteiger charge is 2.74. The van der Waals surface area contributed by atoms with Crippen LogP contribution in [0, 0.1) is 23.1 Å². The summed E-state index contributed by atoms with van der Waals surface area (Å²) in [7, 11) is 2.78. The number of methoxy groups -OCH3 is 1. The summed E-state index contributed by atoms with van der Waals surface area (Å²) in [5, 5.41) is 9.62. The maximum atomic E-state index is 13.0. The molecule has 156 valence electrons. The van der Waals surface area contributed by atoms with E-state index in [1.807, 2.05) is 0 Å². The number of hydrogen-bond acceptors (Lipinski definition) is 5. The number of carbonyl (C=O) groups excluding carboxylic acids is 2. The third-order valence-electron chi connectivity index (χ3n) is 5.82. The summed E-state index contributed by atoms with van der Waals surface area (Å²) in [6.07, 6.45) is 3.73. The zero-order chi connectivity index (χ0) is 21.2. The lowest BCUT2D eigenvalue weighted by Gasteiger charge is -2.21. The molecule has 0 aliphatic heterocycles. The Labute approximate surface area is 168 Å². The molecule has 0 unspecified atom stereocenters. The fraction of sp³-hybridized carbons (Fsp3) is 0.476. The molecule has 2 aliphatic carbocycles. The zero-order valence-corrected chi connectivity index (χ0v) is 16.3. The van der Waals surface area contributed by atoms with Crippen LogP contribution in [0.5, 0.6) is 0 Å². The molecule has 1 saturated carbocycles. The summed E-state index contributed by atoms with van der Waals surface area (Å²) >= 11 is 0. The van der Waals surface area contributed by atoms with Gasteiger partial charge < -0.3 is 19.5 Å². The van der Waals surface area contributed by atoms with Crippen LogP contribution in [-0.4, -0.2) is 48.3 Å². The molecule has 1 aromatic carbocycles. The molecule has 7 nitrogen and oxygen atoms in total. The van der Waals surface area contributed by atoms with Gasteiger partial charge >= 0.3 is 18.0 Å². The first kappa shape index (κ1) is 20.8. The number of carboxylic acids is 1. The predicted molar refractivity (Wildman–Crippen MR) is 100 cm³/mol. The highest BCUT2D eigenvalue weighted by Crippen LogP contribution is 2.64. The lowest BCUT2D eigenvalue weighted by atomic mass is 10.00. The van der Waals surface area contributed by atoms with Crippen molar-refractivity contribution in [3.8, 4) is 0 Å². The number of ether oxygens (including phenoxy) is 2. The first-order valence-corrected chi connectivity index (χ1v) is 9.45. The van der Waals surface area contributed by atoms with Crippen molar-refractivity contribution in [2.75, 3.05) is 14.2 Å². The highest BCUT2D eigenvalue weighted by atomic mass is 19.1.